The smallest absolute Gasteiger partial charge is 0.314 e. The van der Waals surface area contributed by atoms with Gasteiger partial charge in [-0.05, 0) is 66.1 Å². The van der Waals surface area contributed by atoms with E-state index in [9.17, 15) is 9.59 Å². The fraction of sp³-hybridized carbons (Fsp3) is 0.727. The lowest BCUT2D eigenvalue weighted by molar-refractivity contribution is -0.141. The van der Waals surface area contributed by atoms with Crippen LogP contribution in [0.15, 0.2) is 25.5 Å². The van der Waals surface area contributed by atoms with E-state index in [0.717, 1.165) is 32.3 Å². The molecular weight excluding hydrogens is 412 g/mol. The molecule has 0 aromatic carbocycles. The Hall–Kier alpha value is -1.07. The third kappa shape index (κ3) is 34.4. The standard InChI is InChI=1S/C13H24N2O3.C6H18OSi2.C3H6/c1-4-18-13(17)11(2)10-15-9-8-14-7-5-6-12(3)16;1-8(2,3)7-9(4,5)6;1-3-2/h4,11,14-15H,1,5-10H2,2-3H3;1-6H3;3H,1H2,2H3. The minimum absolute atomic E-state index is 0.180. The maximum absolute atomic E-state index is 11.2. The molecule has 0 aliphatic carbocycles. The van der Waals surface area contributed by atoms with Gasteiger partial charge in [0.15, 0.2) is 16.6 Å². The minimum Gasteiger partial charge on any atom is -0.456 e. The van der Waals surface area contributed by atoms with E-state index in [0.29, 0.717) is 13.0 Å². The first-order valence-corrected chi connectivity index (χ1v) is 17.5. The molecule has 2 N–H and O–H groups in total. The Bertz CT molecular complexity index is 461. The summed E-state index contributed by atoms with van der Waals surface area (Å²) in [4.78, 5) is 21.9. The van der Waals surface area contributed by atoms with Gasteiger partial charge >= 0.3 is 5.97 Å². The summed E-state index contributed by atoms with van der Waals surface area (Å²) in [5, 5.41) is 6.38. The van der Waals surface area contributed by atoms with Crippen LogP contribution in [-0.4, -0.2) is 54.6 Å². The number of rotatable bonds is 13. The Labute approximate surface area is 188 Å². The molecule has 0 aliphatic heterocycles. The highest BCUT2D eigenvalue weighted by molar-refractivity contribution is 6.83. The molecule has 0 saturated carbocycles. The third-order valence-electron chi connectivity index (χ3n) is 3.03. The molecule has 1 unspecified atom stereocenters. The summed E-state index contributed by atoms with van der Waals surface area (Å²) in [5.74, 6) is -0.225. The molecule has 0 aromatic heterocycles. The zero-order chi connectivity index (χ0) is 24.2. The van der Waals surface area contributed by atoms with Gasteiger partial charge in [0.25, 0.3) is 0 Å². The van der Waals surface area contributed by atoms with Gasteiger partial charge in [-0.3, -0.25) is 4.79 Å². The monoisotopic (exact) mass is 460 g/mol. The van der Waals surface area contributed by atoms with Gasteiger partial charge in [0, 0.05) is 26.1 Å². The van der Waals surface area contributed by atoms with E-state index in [1.807, 2.05) is 6.92 Å². The van der Waals surface area contributed by atoms with Gasteiger partial charge in [0.2, 0.25) is 0 Å². The number of allylic oxidation sites excluding steroid dienone is 1. The number of hydrogen-bond acceptors (Lipinski definition) is 6. The lowest BCUT2D eigenvalue weighted by Gasteiger charge is -2.27. The van der Waals surface area contributed by atoms with Gasteiger partial charge in [-0.25, -0.2) is 0 Å². The maximum Gasteiger partial charge on any atom is 0.314 e. The van der Waals surface area contributed by atoms with Crippen molar-refractivity contribution < 1.29 is 18.4 Å². The summed E-state index contributed by atoms with van der Waals surface area (Å²) < 4.78 is 10.6. The number of ether oxygens (including phenoxy) is 1. The predicted molar refractivity (Wildman–Crippen MR) is 135 cm³/mol. The minimum atomic E-state index is -1.23. The average molecular weight is 461 g/mol. The van der Waals surface area contributed by atoms with Crippen LogP contribution in [0.4, 0.5) is 0 Å². The van der Waals surface area contributed by atoms with Crippen LogP contribution in [0.3, 0.4) is 0 Å². The van der Waals surface area contributed by atoms with Gasteiger partial charge in [0.05, 0.1) is 12.2 Å². The molecule has 8 heteroatoms. The lowest BCUT2D eigenvalue weighted by Crippen LogP contribution is -2.39. The molecule has 30 heavy (non-hydrogen) atoms. The van der Waals surface area contributed by atoms with Crippen molar-refractivity contribution in [2.45, 2.75) is 72.9 Å². The fourth-order valence-electron chi connectivity index (χ4n) is 2.28. The highest BCUT2D eigenvalue weighted by Crippen LogP contribution is 2.12. The molecule has 6 nitrogen and oxygen atoms in total. The van der Waals surface area contributed by atoms with Gasteiger partial charge in [-0.2, -0.15) is 0 Å². The second kappa shape index (κ2) is 19.9. The molecule has 0 rings (SSSR count). The quantitative estimate of drug-likeness (QED) is 0.136. The van der Waals surface area contributed by atoms with Crippen LogP contribution in [0.2, 0.25) is 39.3 Å². The fourth-order valence-corrected chi connectivity index (χ4v) is 9.63. The first-order valence-electron chi connectivity index (χ1n) is 10.7. The van der Waals surface area contributed by atoms with Crippen molar-refractivity contribution in [2.24, 2.45) is 5.92 Å². The summed E-state index contributed by atoms with van der Waals surface area (Å²) in [6.45, 7) is 28.5. The molecule has 0 aliphatic rings. The Morgan fingerprint density at radius 2 is 1.43 bits per heavy atom. The first-order chi connectivity index (χ1) is 13.7. The molecule has 1 atom stereocenters. The van der Waals surface area contributed by atoms with E-state index in [1.165, 1.54) is 0 Å². The first kappa shape index (κ1) is 33.6. The zero-order valence-corrected chi connectivity index (χ0v) is 23.0. The van der Waals surface area contributed by atoms with Gasteiger partial charge in [0.1, 0.15) is 5.78 Å². The van der Waals surface area contributed by atoms with Crippen LogP contribution in [0.5, 0.6) is 0 Å². The Balaban J connectivity index is -0.000000505. The summed E-state index contributed by atoms with van der Waals surface area (Å²) in [5.41, 5.74) is 0. The van der Waals surface area contributed by atoms with Crippen molar-refractivity contribution in [2.75, 3.05) is 26.2 Å². The van der Waals surface area contributed by atoms with Crippen LogP contribution in [0.1, 0.15) is 33.6 Å². The summed E-state index contributed by atoms with van der Waals surface area (Å²) >= 11 is 0. The van der Waals surface area contributed by atoms with E-state index in [1.54, 1.807) is 19.9 Å². The molecule has 178 valence electrons. The number of nitrogens with one attached hydrogen (secondary N) is 2. The Morgan fingerprint density at radius 1 is 0.967 bits per heavy atom. The molecular formula is C22H48N2O4Si2. The summed E-state index contributed by atoms with van der Waals surface area (Å²) in [6.07, 6.45) is 4.40. The molecule has 0 saturated heterocycles. The maximum atomic E-state index is 11.2. The van der Waals surface area contributed by atoms with Gasteiger partial charge in [-0.1, -0.05) is 19.6 Å². The normalized spacial score (nSPS) is 11.8. The molecule has 0 bridgehead atoms. The number of carbonyl (C=O) groups excluding carboxylic acids is 2. The molecule has 0 aromatic rings. The topological polar surface area (TPSA) is 76.7 Å². The molecule has 0 amide bonds. The van der Waals surface area contributed by atoms with Crippen LogP contribution in [0, 0.1) is 5.92 Å². The van der Waals surface area contributed by atoms with E-state index in [4.69, 9.17) is 4.12 Å². The second-order valence-electron chi connectivity index (χ2n) is 9.00. The van der Waals surface area contributed by atoms with Crippen LogP contribution >= 0.6 is 0 Å². The SMILES string of the molecule is C=CC.C=COC(=O)C(C)CNCCNCCCC(C)=O.C[Si](C)(C)O[Si](C)(C)C. The second-order valence-corrected chi connectivity index (χ2v) is 18.3. The number of carbonyl (C=O) groups is 2. The third-order valence-corrected chi connectivity index (χ3v) is 7.92. The summed E-state index contributed by atoms with van der Waals surface area (Å²) in [6, 6.07) is 0. The van der Waals surface area contributed by atoms with E-state index in [-0.39, 0.29) is 17.7 Å². The molecule has 0 radical (unpaired) electrons. The van der Waals surface area contributed by atoms with Crippen molar-refractivity contribution >= 4 is 28.4 Å². The van der Waals surface area contributed by atoms with Crippen molar-refractivity contribution in [1.82, 2.24) is 10.6 Å². The largest absolute Gasteiger partial charge is 0.456 e. The van der Waals surface area contributed by atoms with E-state index < -0.39 is 16.6 Å². The number of esters is 1. The van der Waals surface area contributed by atoms with E-state index in [2.05, 4.69) is 67.8 Å². The van der Waals surface area contributed by atoms with Gasteiger partial charge < -0.3 is 24.3 Å². The molecule has 0 heterocycles. The van der Waals surface area contributed by atoms with Crippen molar-refractivity contribution in [3.63, 3.8) is 0 Å². The van der Waals surface area contributed by atoms with Crippen molar-refractivity contribution in [3.05, 3.63) is 25.5 Å². The molecule has 0 fully saturated rings. The van der Waals surface area contributed by atoms with Crippen LogP contribution in [0.25, 0.3) is 0 Å². The molecule has 0 spiro atoms. The number of ketones is 1. The van der Waals surface area contributed by atoms with E-state index >= 15 is 0 Å². The Morgan fingerprint density at radius 3 is 1.80 bits per heavy atom. The highest BCUT2D eigenvalue weighted by Gasteiger charge is 2.24. The van der Waals surface area contributed by atoms with Gasteiger partial charge in [-0.15, -0.1) is 6.58 Å². The zero-order valence-electron chi connectivity index (χ0n) is 21.0. The predicted octanol–water partition coefficient (Wildman–Crippen LogP) is 4.72. The van der Waals surface area contributed by atoms with Crippen molar-refractivity contribution in [1.29, 1.82) is 0 Å². The van der Waals surface area contributed by atoms with Crippen LogP contribution < -0.4 is 10.6 Å². The highest BCUT2D eigenvalue weighted by atomic mass is 28.4. The van der Waals surface area contributed by atoms with Crippen LogP contribution in [-0.2, 0) is 18.4 Å². The lowest BCUT2D eigenvalue weighted by atomic mass is 10.2. The average Bonchev–Trinajstić information content (AvgIpc) is 2.55. The number of Topliss-reactive ketones (excluding diaryl/α,β-unsaturated/α-hetero) is 1. The summed E-state index contributed by atoms with van der Waals surface area (Å²) in [7, 11) is -2.46. The van der Waals surface area contributed by atoms with Crippen molar-refractivity contribution in [3.8, 4) is 0 Å². The number of hydrogen-bond donors (Lipinski definition) is 2. The Kier molecular flexibility index (Phi) is 22.2.